The third-order valence-corrected chi connectivity index (χ3v) is 9.02. The molecule has 0 bridgehead atoms. The smallest absolute Gasteiger partial charge is 0.402 e. The molecular weight excluding hydrogens is 704 g/mol. The molecule has 3 aliphatic rings. The molecule has 52 heavy (non-hydrogen) atoms. The van der Waals surface area contributed by atoms with Crippen LogP contribution < -0.4 is 4.74 Å². The number of aliphatic hydroxyl groups excluding tert-OH is 9. The molecule has 3 fully saturated rings. The first-order chi connectivity index (χ1) is 24.6. The van der Waals surface area contributed by atoms with Crippen LogP contribution >= 0.6 is 0 Å². The number of hydrogen-bond acceptors (Lipinski definition) is 19. The molecule has 20 nitrogen and oxygen atoms in total. The Balaban J connectivity index is 1.41. The molecule has 3 aliphatic heterocycles. The van der Waals surface area contributed by atoms with Crippen LogP contribution in [0.1, 0.15) is 6.92 Å². The molecule has 3 saturated heterocycles. The lowest BCUT2D eigenvalue weighted by molar-refractivity contribution is -0.406. The molecule has 3 aromatic rings. The van der Waals surface area contributed by atoms with Gasteiger partial charge < -0.3 is 94.8 Å². The average molecular weight is 744 g/mol. The molecular formula is C32H39O20+. The van der Waals surface area contributed by atoms with Crippen LogP contribution in [0.25, 0.3) is 22.3 Å². The maximum atomic E-state index is 11.4. The van der Waals surface area contributed by atoms with Crippen LogP contribution in [0.15, 0.2) is 40.8 Å². The van der Waals surface area contributed by atoms with E-state index >= 15 is 0 Å². The number of phenols is 4. The van der Waals surface area contributed by atoms with E-state index < -0.39 is 116 Å². The first kappa shape index (κ1) is 38.0. The number of ether oxygens (including phenoxy) is 6. The van der Waals surface area contributed by atoms with E-state index in [0.29, 0.717) is 0 Å². The summed E-state index contributed by atoms with van der Waals surface area (Å²) in [6, 6.07) is 6.82. The highest BCUT2D eigenvalue weighted by Gasteiger charge is 2.54. The predicted molar refractivity (Wildman–Crippen MR) is 166 cm³/mol. The van der Waals surface area contributed by atoms with Crippen LogP contribution in [0.4, 0.5) is 0 Å². The number of rotatable bonds is 8. The molecule has 0 radical (unpaired) electrons. The summed E-state index contributed by atoms with van der Waals surface area (Å²) in [6.45, 7) is 0.524. The van der Waals surface area contributed by atoms with Gasteiger partial charge >= 0.3 is 11.3 Å². The van der Waals surface area contributed by atoms with E-state index in [0.717, 1.165) is 24.3 Å². The second-order valence-electron chi connectivity index (χ2n) is 12.6. The molecule has 6 rings (SSSR count). The summed E-state index contributed by atoms with van der Waals surface area (Å²) in [5, 5.41) is 135. The van der Waals surface area contributed by atoms with Crippen LogP contribution in [-0.4, -0.2) is 165 Å². The van der Waals surface area contributed by atoms with Crippen molar-refractivity contribution in [3.05, 3.63) is 36.4 Å². The van der Waals surface area contributed by atoms with Gasteiger partial charge in [0.15, 0.2) is 36.5 Å². The lowest BCUT2D eigenvalue weighted by Crippen LogP contribution is -2.66. The predicted octanol–water partition coefficient (Wildman–Crippen LogP) is -2.98. The van der Waals surface area contributed by atoms with Crippen molar-refractivity contribution < 1.29 is 99.2 Å². The first-order valence-corrected chi connectivity index (χ1v) is 15.9. The van der Waals surface area contributed by atoms with Gasteiger partial charge in [-0.2, -0.15) is 0 Å². The zero-order chi connectivity index (χ0) is 37.8. The molecule has 0 spiro atoms. The minimum atomic E-state index is -2.10. The Morgan fingerprint density at radius 3 is 1.92 bits per heavy atom. The number of phenolic OH excluding ortho intramolecular Hbond substituents is 4. The van der Waals surface area contributed by atoms with Crippen molar-refractivity contribution in [2.24, 2.45) is 0 Å². The van der Waals surface area contributed by atoms with E-state index in [-0.39, 0.29) is 33.8 Å². The van der Waals surface area contributed by atoms with Crippen LogP contribution in [0.2, 0.25) is 0 Å². The number of fused-ring (bicyclic) bond motifs is 1. The van der Waals surface area contributed by atoms with Gasteiger partial charge in [-0.15, -0.1) is 0 Å². The van der Waals surface area contributed by atoms with E-state index in [1.165, 1.54) is 19.1 Å². The van der Waals surface area contributed by atoms with Crippen molar-refractivity contribution in [1.82, 2.24) is 0 Å². The molecule has 15 atom stereocenters. The van der Waals surface area contributed by atoms with Gasteiger partial charge in [-0.05, 0) is 19.1 Å². The fourth-order valence-electron chi connectivity index (χ4n) is 6.01. The van der Waals surface area contributed by atoms with Crippen molar-refractivity contribution >= 4 is 11.0 Å². The number of hydrogen-bond donors (Lipinski definition) is 13. The maximum absolute atomic E-state index is 11.4. The highest BCUT2D eigenvalue weighted by atomic mass is 16.8. The molecule has 0 amide bonds. The summed E-state index contributed by atoms with van der Waals surface area (Å²) in [5.41, 5.74) is -0.0491. The Hall–Kier alpha value is -3.71. The molecule has 20 heteroatoms. The van der Waals surface area contributed by atoms with Gasteiger partial charge in [0.2, 0.25) is 12.0 Å². The van der Waals surface area contributed by atoms with Crippen LogP contribution in [-0.2, 0) is 23.7 Å². The summed E-state index contributed by atoms with van der Waals surface area (Å²) >= 11 is 0. The summed E-state index contributed by atoms with van der Waals surface area (Å²) in [4.78, 5) is 0. The van der Waals surface area contributed by atoms with E-state index in [1.54, 1.807) is 0 Å². The lowest BCUT2D eigenvalue weighted by Gasteiger charge is -2.47. The van der Waals surface area contributed by atoms with Gasteiger partial charge in [0.1, 0.15) is 71.8 Å². The molecule has 0 saturated carbocycles. The Bertz CT molecular complexity index is 1720. The zero-order valence-electron chi connectivity index (χ0n) is 27.0. The van der Waals surface area contributed by atoms with E-state index in [4.69, 9.17) is 32.8 Å². The second-order valence-corrected chi connectivity index (χ2v) is 12.6. The highest BCUT2D eigenvalue weighted by Crippen LogP contribution is 2.43. The highest BCUT2D eigenvalue weighted by molar-refractivity contribution is 5.88. The maximum Gasteiger partial charge on any atom is 0.402 e. The fourth-order valence-corrected chi connectivity index (χ4v) is 6.01. The van der Waals surface area contributed by atoms with E-state index in [2.05, 4.69) is 0 Å². The van der Waals surface area contributed by atoms with Gasteiger partial charge in [-0.25, -0.2) is 4.42 Å². The van der Waals surface area contributed by atoms with Crippen molar-refractivity contribution in [2.75, 3.05) is 6.61 Å². The number of aromatic hydroxyl groups is 4. The minimum Gasteiger partial charge on any atom is -0.507 e. The van der Waals surface area contributed by atoms with Crippen molar-refractivity contribution in [3.8, 4) is 40.1 Å². The van der Waals surface area contributed by atoms with Gasteiger partial charge in [0, 0.05) is 18.2 Å². The molecule has 1 aromatic heterocycles. The van der Waals surface area contributed by atoms with E-state index in [9.17, 15) is 66.4 Å². The molecule has 286 valence electrons. The fraction of sp³-hybridized carbons (Fsp3) is 0.531. The summed E-state index contributed by atoms with van der Waals surface area (Å²) < 4.78 is 40.1. The van der Waals surface area contributed by atoms with E-state index in [1.807, 2.05) is 0 Å². The van der Waals surface area contributed by atoms with Crippen LogP contribution in [0.5, 0.6) is 28.7 Å². The van der Waals surface area contributed by atoms with Gasteiger partial charge in [-0.3, -0.25) is 0 Å². The Labute approximate surface area is 292 Å². The Kier molecular flexibility index (Phi) is 10.9. The standard InChI is InChI=1S/C32H38O20/c1-9-19(38)21(40)24(43)29(46-9)51-31-26(45)23(42)28(50-30-25(44)22(41)20(39)18(8-33)49-30)32(52-31)48-17-7-12-14(36)5-11(34)6-16(12)47-27(17)10-2-3-13(35)15(37)4-10/h2-7,9,18-26,28-33,38-45H,8H2,1H3,(H3-,34,35,36,37)/p+1/t9-,18+,19-,20+,21+,22-,23-,24+,25+,26-,28+,29-,30-,31-,32+/m0/s1. The Morgan fingerprint density at radius 1 is 0.615 bits per heavy atom. The zero-order valence-corrected chi connectivity index (χ0v) is 27.0. The Morgan fingerprint density at radius 2 is 1.25 bits per heavy atom. The summed E-state index contributed by atoms with van der Waals surface area (Å²) in [5.74, 6) is -2.54. The third-order valence-electron chi connectivity index (χ3n) is 9.02. The summed E-state index contributed by atoms with van der Waals surface area (Å²) in [7, 11) is 0. The van der Waals surface area contributed by atoms with Gasteiger partial charge in [0.25, 0.3) is 0 Å². The molecule has 0 unspecified atom stereocenters. The van der Waals surface area contributed by atoms with Crippen LogP contribution in [0, 0.1) is 0 Å². The average Bonchev–Trinajstić information content (AvgIpc) is 3.11. The number of benzene rings is 2. The van der Waals surface area contributed by atoms with Crippen molar-refractivity contribution in [3.63, 3.8) is 0 Å². The topological polar surface area (TPSA) is 330 Å². The van der Waals surface area contributed by atoms with Crippen LogP contribution in [0.3, 0.4) is 0 Å². The third kappa shape index (κ3) is 7.14. The summed E-state index contributed by atoms with van der Waals surface area (Å²) in [6.07, 6.45) is -27.1. The quantitative estimate of drug-likeness (QED) is 0.0808. The normalized spacial score (nSPS) is 38.3. The lowest BCUT2D eigenvalue weighted by atomic mass is 9.98. The van der Waals surface area contributed by atoms with Crippen molar-refractivity contribution in [1.29, 1.82) is 0 Å². The first-order valence-electron chi connectivity index (χ1n) is 15.9. The minimum absolute atomic E-state index is 0.0459. The van der Waals surface area contributed by atoms with Crippen molar-refractivity contribution in [2.45, 2.75) is 99.2 Å². The largest absolute Gasteiger partial charge is 0.507 e. The molecule has 2 aromatic carbocycles. The molecule has 4 heterocycles. The number of aliphatic hydroxyl groups is 9. The van der Waals surface area contributed by atoms with Gasteiger partial charge in [-0.1, -0.05) is 0 Å². The van der Waals surface area contributed by atoms with Gasteiger partial charge in [0.05, 0.1) is 24.3 Å². The second kappa shape index (κ2) is 15.0. The molecule has 0 aliphatic carbocycles. The monoisotopic (exact) mass is 743 g/mol. The molecule has 13 N–H and O–H groups in total. The SMILES string of the molecule is C[C@@H]1O[C@@H](O[C@H]2O[C@@H](Oc3cc4c(O)cc(O)cc4[o+]c3-c3ccc(O)c(O)c3)[C@H](O[C@@H]3O[C@H](CO)[C@@H](O)[C@H](O)[C@H]3O)[C@@H](O)[C@@H]2O)[C@H](O)[C@H](O)[C@H]1O.